The van der Waals surface area contributed by atoms with Crippen molar-refractivity contribution in [2.75, 3.05) is 13.6 Å². The van der Waals surface area contributed by atoms with Crippen LogP contribution in [0.25, 0.3) is 11.1 Å². The first kappa shape index (κ1) is 14.7. The van der Waals surface area contributed by atoms with Crippen molar-refractivity contribution in [2.24, 2.45) is 0 Å². The van der Waals surface area contributed by atoms with Crippen LogP contribution in [-0.4, -0.2) is 40.5 Å². The molecule has 1 radical (unpaired) electrons. The van der Waals surface area contributed by atoms with Crippen LogP contribution in [0.1, 0.15) is 30.1 Å². The number of hydrogen-bond acceptors (Lipinski definition) is 3. The Bertz CT molecular complexity index is 656. The van der Waals surface area contributed by atoms with Crippen molar-refractivity contribution in [1.29, 1.82) is 0 Å². The molecule has 1 aromatic heterocycles. The third-order valence-electron chi connectivity index (χ3n) is 4.25. The molecule has 0 saturated carbocycles. The highest BCUT2D eigenvalue weighted by atomic mass is 16.2. The molecule has 0 bridgehead atoms. The number of rotatable bonds is 3. The van der Waals surface area contributed by atoms with Crippen molar-refractivity contribution >= 4 is 5.91 Å². The quantitative estimate of drug-likeness (QED) is 0.873. The maximum absolute atomic E-state index is 12.9. The molecule has 22 heavy (non-hydrogen) atoms. The fourth-order valence-electron chi connectivity index (χ4n) is 3.02. The van der Waals surface area contributed by atoms with Crippen molar-refractivity contribution in [3.05, 3.63) is 54.4 Å². The van der Waals surface area contributed by atoms with Crippen molar-refractivity contribution in [2.45, 2.75) is 25.8 Å². The van der Waals surface area contributed by atoms with Gasteiger partial charge in [0.1, 0.15) is 0 Å². The minimum absolute atomic E-state index is 0.00810. The molecule has 113 valence electrons. The van der Waals surface area contributed by atoms with E-state index in [1.54, 1.807) is 17.3 Å². The monoisotopic (exact) mass is 294 g/mol. The zero-order chi connectivity index (χ0) is 15.5. The number of amides is 1. The SMILES string of the molecule is CC1CCCN1N(C)C(=O)c1ccn[c]c1-c1ccccc1. The molecule has 1 aliphatic rings. The number of hydrogen-bond donors (Lipinski definition) is 0. The molecule has 1 amide bonds. The van der Waals surface area contributed by atoms with E-state index in [1.807, 2.05) is 37.4 Å². The number of carbonyl (C=O) groups is 1. The molecule has 4 heteroatoms. The average molecular weight is 294 g/mol. The predicted molar refractivity (Wildman–Crippen MR) is 86.0 cm³/mol. The number of hydrazine groups is 1. The molecule has 1 aliphatic heterocycles. The molecule has 0 spiro atoms. The summed E-state index contributed by atoms with van der Waals surface area (Å²) in [5.74, 6) is -0.00810. The van der Waals surface area contributed by atoms with Gasteiger partial charge in [-0.1, -0.05) is 30.3 Å². The molecular weight excluding hydrogens is 274 g/mol. The third-order valence-corrected chi connectivity index (χ3v) is 4.25. The Hall–Kier alpha value is -2.20. The first-order valence-corrected chi connectivity index (χ1v) is 7.65. The molecule has 0 N–H and O–H groups in total. The zero-order valence-corrected chi connectivity index (χ0v) is 13.0. The van der Waals surface area contributed by atoms with E-state index in [0.29, 0.717) is 11.6 Å². The summed E-state index contributed by atoms with van der Waals surface area (Å²) >= 11 is 0. The largest absolute Gasteiger partial charge is 0.274 e. The van der Waals surface area contributed by atoms with Crippen LogP contribution in [0.3, 0.4) is 0 Å². The van der Waals surface area contributed by atoms with E-state index in [0.717, 1.165) is 30.5 Å². The maximum Gasteiger partial charge on any atom is 0.268 e. The summed E-state index contributed by atoms with van der Waals surface area (Å²) < 4.78 is 0. The summed E-state index contributed by atoms with van der Waals surface area (Å²) in [6.07, 6.45) is 6.86. The summed E-state index contributed by atoms with van der Waals surface area (Å²) in [4.78, 5) is 17.0. The van der Waals surface area contributed by atoms with Gasteiger partial charge in [-0.15, -0.1) is 0 Å². The van der Waals surface area contributed by atoms with Crippen molar-refractivity contribution in [3.63, 3.8) is 0 Å². The van der Waals surface area contributed by atoms with Crippen molar-refractivity contribution in [3.8, 4) is 11.1 Å². The standard InChI is InChI=1S/C18H20N3O/c1-14-7-6-12-21(14)20(2)18(22)16-10-11-19-13-17(16)15-8-4-3-5-9-15/h3-5,8-11,14H,6-7,12H2,1-2H3. The fraction of sp³-hybridized carbons (Fsp3) is 0.333. The van der Waals surface area contributed by atoms with Crippen LogP contribution in [0.2, 0.25) is 0 Å². The summed E-state index contributed by atoms with van der Waals surface area (Å²) in [7, 11) is 1.85. The lowest BCUT2D eigenvalue weighted by molar-refractivity contribution is 0.00155. The van der Waals surface area contributed by atoms with E-state index < -0.39 is 0 Å². The Kier molecular flexibility index (Phi) is 4.20. The molecule has 1 saturated heterocycles. The van der Waals surface area contributed by atoms with Gasteiger partial charge in [-0.3, -0.25) is 14.8 Å². The van der Waals surface area contributed by atoms with Gasteiger partial charge in [0.15, 0.2) is 0 Å². The van der Waals surface area contributed by atoms with Crippen LogP contribution in [0, 0.1) is 6.20 Å². The van der Waals surface area contributed by atoms with Crippen LogP contribution < -0.4 is 0 Å². The van der Waals surface area contributed by atoms with Crippen molar-refractivity contribution < 1.29 is 4.79 Å². The van der Waals surface area contributed by atoms with Crippen molar-refractivity contribution in [1.82, 2.24) is 15.0 Å². The molecule has 4 nitrogen and oxygen atoms in total. The summed E-state index contributed by atoms with van der Waals surface area (Å²) in [6.45, 7) is 3.09. The average Bonchev–Trinajstić information content (AvgIpc) is 3.00. The molecule has 3 rings (SSSR count). The second-order valence-electron chi connectivity index (χ2n) is 5.69. The van der Waals surface area contributed by atoms with Gasteiger partial charge < -0.3 is 0 Å². The van der Waals surface area contributed by atoms with E-state index in [-0.39, 0.29) is 5.91 Å². The molecule has 1 unspecified atom stereocenters. The molecule has 0 aliphatic carbocycles. The van der Waals surface area contributed by atoms with E-state index >= 15 is 0 Å². The highest BCUT2D eigenvalue weighted by Crippen LogP contribution is 2.25. The van der Waals surface area contributed by atoms with Gasteiger partial charge in [0.2, 0.25) is 0 Å². The second-order valence-corrected chi connectivity index (χ2v) is 5.69. The van der Waals surface area contributed by atoms with E-state index in [4.69, 9.17) is 0 Å². The Balaban J connectivity index is 1.93. The van der Waals surface area contributed by atoms with Crippen LogP contribution in [0.5, 0.6) is 0 Å². The molecule has 2 heterocycles. The van der Waals surface area contributed by atoms with Crippen LogP contribution in [0.15, 0.2) is 42.6 Å². The third kappa shape index (κ3) is 2.74. The summed E-state index contributed by atoms with van der Waals surface area (Å²) in [5, 5.41) is 3.88. The van der Waals surface area contributed by atoms with Gasteiger partial charge in [-0.05, 0) is 31.4 Å². The zero-order valence-electron chi connectivity index (χ0n) is 13.0. The lowest BCUT2D eigenvalue weighted by Gasteiger charge is -2.32. The van der Waals surface area contributed by atoms with Gasteiger partial charge in [0.05, 0.1) is 11.8 Å². The molecule has 1 atom stereocenters. The van der Waals surface area contributed by atoms with Crippen LogP contribution in [-0.2, 0) is 0 Å². The molecule has 2 aromatic rings. The highest BCUT2D eigenvalue weighted by Gasteiger charge is 2.28. The molecule has 1 aromatic carbocycles. The van der Waals surface area contributed by atoms with Crippen LogP contribution in [0.4, 0.5) is 0 Å². The number of aromatic nitrogens is 1. The number of pyridine rings is 1. The van der Waals surface area contributed by atoms with Gasteiger partial charge in [-0.25, -0.2) is 5.01 Å². The summed E-state index contributed by atoms with van der Waals surface area (Å²) in [6, 6.07) is 12.0. The van der Waals surface area contributed by atoms with Gasteiger partial charge in [0.25, 0.3) is 5.91 Å². The first-order valence-electron chi connectivity index (χ1n) is 7.65. The Labute approximate surface area is 131 Å². The Morgan fingerprint density at radius 2 is 2.09 bits per heavy atom. The van der Waals surface area contributed by atoms with Crippen LogP contribution >= 0.6 is 0 Å². The highest BCUT2D eigenvalue weighted by molar-refractivity contribution is 6.00. The topological polar surface area (TPSA) is 36.4 Å². The van der Waals surface area contributed by atoms with E-state index in [2.05, 4.69) is 23.1 Å². The second kappa shape index (κ2) is 6.28. The number of nitrogens with zero attached hydrogens (tertiary/aromatic N) is 3. The van der Waals surface area contributed by atoms with Gasteiger partial charge in [0, 0.05) is 31.4 Å². The smallest absolute Gasteiger partial charge is 0.268 e. The normalized spacial score (nSPS) is 18.4. The predicted octanol–water partition coefficient (Wildman–Crippen LogP) is 3.02. The maximum atomic E-state index is 12.9. The summed E-state index contributed by atoms with van der Waals surface area (Å²) in [5.41, 5.74) is 2.36. The minimum atomic E-state index is -0.00810. The molecule has 1 fully saturated rings. The number of benzene rings is 1. The lowest BCUT2D eigenvalue weighted by atomic mass is 10.0. The minimum Gasteiger partial charge on any atom is -0.274 e. The van der Waals surface area contributed by atoms with E-state index in [9.17, 15) is 4.79 Å². The van der Waals surface area contributed by atoms with Gasteiger partial charge in [-0.2, -0.15) is 0 Å². The fourth-order valence-corrected chi connectivity index (χ4v) is 3.02. The Morgan fingerprint density at radius 3 is 2.77 bits per heavy atom. The first-order chi connectivity index (χ1) is 10.7. The van der Waals surface area contributed by atoms with E-state index in [1.165, 1.54) is 0 Å². The van der Waals surface area contributed by atoms with Gasteiger partial charge >= 0.3 is 0 Å². The Morgan fingerprint density at radius 1 is 1.32 bits per heavy atom. The lowest BCUT2D eigenvalue weighted by Crippen LogP contribution is -2.45. The molecular formula is C18H20N3O. The number of carbonyl (C=O) groups excluding carboxylic acids is 1.